The molecule has 16 heteroatoms. The maximum Gasteiger partial charge on any atom is 0.410 e. The molecule has 338 valence electrons. The average molecular weight is 879 g/mol. The van der Waals surface area contributed by atoms with Gasteiger partial charge in [-0.1, -0.05) is 36.4 Å². The summed E-state index contributed by atoms with van der Waals surface area (Å²) in [6.07, 6.45) is 5.23. The number of alkyl halides is 2. The average Bonchev–Trinajstić information content (AvgIpc) is 3.94. The number of benzene rings is 2. The number of hydrogen-bond donors (Lipinski definition) is 1. The standard InChI is InChI=1S/C48H56F2N8O6/c1-30(2)63-44(61)54-25-47(26-54)33-15-5-10-20-38(33)57(43(47)60)24-41-53-36-18-8-11-21-39(36)58(41)29-48(49,50)22-12-13-31(3)64-45(62)55-27-46(28-55)32-14-4-9-19-37(32)56(42(46)59)23-40-51-34-16-6-7-17-35(34)52-40/h4-5,9-10,14-15,19-20,30-31H,6-8,11-13,16-18,21-29H2,1-3H3,(H,51,52). The van der Waals surface area contributed by atoms with Gasteiger partial charge < -0.3 is 38.6 Å². The topological polar surface area (TPSA) is 146 Å². The number of carbonyl (C=O) groups is 4. The van der Waals surface area contributed by atoms with Crippen LogP contribution in [0.25, 0.3) is 0 Å². The summed E-state index contributed by atoms with van der Waals surface area (Å²) in [5.74, 6) is -2.17. The predicted molar refractivity (Wildman–Crippen MR) is 232 cm³/mol. The molecule has 2 aromatic carbocycles. The molecule has 6 heterocycles. The summed E-state index contributed by atoms with van der Waals surface area (Å²) < 4.78 is 45.0. The fourth-order valence-corrected chi connectivity index (χ4v) is 11.0. The predicted octanol–water partition coefficient (Wildman–Crippen LogP) is 7.14. The van der Waals surface area contributed by atoms with Gasteiger partial charge >= 0.3 is 12.2 Å². The molecule has 2 saturated heterocycles. The molecule has 2 fully saturated rings. The van der Waals surface area contributed by atoms with Gasteiger partial charge in [0.2, 0.25) is 11.8 Å². The number of imidazole rings is 2. The van der Waals surface area contributed by atoms with E-state index in [1.807, 2.05) is 48.5 Å². The number of anilines is 2. The zero-order valence-electron chi connectivity index (χ0n) is 36.8. The number of H-pyrrole nitrogens is 1. The van der Waals surface area contributed by atoms with Crippen LogP contribution in [-0.2, 0) is 75.2 Å². The Morgan fingerprint density at radius 3 is 1.94 bits per heavy atom. The van der Waals surface area contributed by atoms with Crippen molar-refractivity contribution >= 4 is 35.4 Å². The Morgan fingerprint density at radius 2 is 1.31 bits per heavy atom. The molecule has 64 heavy (non-hydrogen) atoms. The molecule has 10 rings (SSSR count). The number of carbonyl (C=O) groups excluding carboxylic acids is 4. The van der Waals surface area contributed by atoms with Crippen LogP contribution in [0, 0.1) is 0 Å². The van der Waals surface area contributed by atoms with Crippen molar-refractivity contribution in [1.82, 2.24) is 29.3 Å². The Bertz CT molecular complexity index is 2480. The van der Waals surface area contributed by atoms with Crippen LogP contribution in [0.5, 0.6) is 0 Å². The summed E-state index contributed by atoms with van der Waals surface area (Å²) in [6.45, 7) is 5.76. The number of halogens is 2. The van der Waals surface area contributed by atoms with Crippen molar-refractivity contribution in [2.24, 2.45) is 0 Å². The van der Waals surface area contributed by atoms with Crippen molar-refractivity contribution in [3.8, 4) is 0 Å². The summed E-state index contributed by atoms with van der Waals surface area (Å²) in [5, 5.41) is 0. The van der Waals surface area contributed by atoms with E-state index in [0.29, 0.717) is 30.9 Å². The molecule has 2 spiro atoms. The highest BCUT2D eigenvalue weighted by Gasteiger charge is 2.61. The van der Waals surface area contributed by atoms with Gasteiger partial charge in [-0.05, 0) is 108 Å². The second-order valence-corrected chi connectivity index (χ2v) is 19.1. The van der Waals surface area contributed by atoms with Crippen LogP contribution < -0.4 is 9.80 Å². The van der Waals surface area contributed by atoms with Crippen molar-refractivity contribution in [3.63, 3.8) is 0 Å². The SMILES string of the molecule is CC(C)OC(=O)N1CC2(C1)C(=O)N(Cc1nc3c(n1CC(F)(F)CCCC(C)OC(=O)N1CC4(C1)C(=O)N(Cc1nc5c([nH]1)CCCC5)c1ccccc14)CCCC3)c1ccccc12. The summed E-state index contributed by atoms with van der Waals surface area (Å²) >= 11 is 0. The van der Waals surface area contributed by atoms with Crippen LogP contribution >= 0.6 is 0 Å². The number of para-hydroxylation sites is 2. The molecule has 1 N–H and O–H groups in total. The number of nitrogens with one attached hydrogen (secondary N) is 1. The van der Waals surface area contributed by atoms with E-state index in [0.717, 1.165) is 83.9 Å². The minimum atomic E-state index is -3.11. The highest BCUT2D eigenvalue weighted by Crippen LogP contribution is 2.50. The Morgan fingerprint density at radius 1 is 0.750 bits per heavy atom. The lowest BCUT2D eigenvalue weighted by atomic mass is 9.75. The van der Waals surface area contributed by atoms with Gasteiger partial charge in [-0.25, -0.2) is 28.3 Å². The van der Waals surface area contributed by atoms with Crippen LogP contribution in [0.4, 0.5) is 29.7 Å². The zero-order chi connectivity index (χ0) is 44.5. The van der Waals surface area contributed by atoms with Gasteiger partial charge in [0.15, 0.2) is 0 Å². The van der Waals surface area contributed by atoms with Crippen LogP contribution in [0.15, 0.2) is 48.5 Å². The molecule has 4 amide bonds. The summed E-state index contributed by atoms with van der Waals surface area (Å²) in [5.41, 5.74) is 5.26. The number of amides is 4. The van der Waals surface area contributed by atoms with Gasteiger partial charge in [-0.3, -0.25) is 9.59 Å². The molecule has 1 atom stereocenters. The fraction of sp³-hybridized carbons (Fsp3) is 0.542. The number of hydrogen-bond acceptors (Lipinski definition) is 8. The minimum Gasteiger partial charge on any atom is -0.447 e. The smallest absolute Gasteiger partial charge is 0.410 e. The van der Waals surface area contributed by atoms with E-state index < -0.39 is 48.0 Å². The zero-order valence-corrected chi connectivity index (χ0v) is 36.8. The molecule has 4 aliphatic heterocycles. The first-order chi connectivity index (χ1) is 30.7. The van der Waals surface area contributed by atoms with Gasteiger partial charge in [0.05, 0.1) is 37.1 Å². The largest absolute Gasteiger partial charge is 0.447 e. The van der Waals surface area contributed by atoms with Crippen LogP contribution in [0.1, 0.15) is 111 Å². The number of aromatic amines is 1. The highest BCUT2D eigenvalue weighted by molar-refractivity contribution is 6.10. The van der Waals surface area contributed by atoms with Crippen molar-refractivity contribution in [3.05, 3.63) is 94.1 Å². The van der Waals surface area contributed by atoms with Gasteiger partial charge in [-0.2, -0.15) is 0 Å². The number of rotatable bonds is 12. The number of aryl methyl sites for hydroxylation is 3. The lowest BCUT2D eigenvalue weighted by molar-refractivity contribution is -0.129. The van der Waals surface area contributed by atoms with E-state index in [-0.39, 0.29) is 63.5 Å². The Balaban J connectivity index is 0.754. The summed E-state index contributed by atoms with van der Waals surface area (Å²) in [4.78, 5) is 74.0. The maximum absolute atomic E-state index is 16.1. The van der Waals surface area contributed by atoms with Crippen molar-refractivity contribution in [2.45, 2.75) is 140 Å². The van der Waals surface area contributed by atoms with E-state index in [1.165, 1.54) is 9.80 Å². The summed E-state index contributed by atoms with van der Waals surface area (Å²) in [6, 6.07) is 15.2. The van der Waals surface area contributed by atoms with E-state index in [4.69, 9.17) is 19.4 Å². The second-order valence-electron chi connectivity index (χ2n) is 19.1. The molecule has 1 unspecified atom stereocenters. The molecule has 2 aliphatic carbocycles. The van der Waals surface area contributed by atoms with Crippen molar-refractivity contribution in [2.75, 3.05) is 36.0 Å². The third-order valence-corrected chi connectivity index (χ3v) is 14.2. The van der Waals surface area contributed by atoms with Crippen molar-refractivity contribution < 1.29 is 37.4 Å². The Kier molecular flexibility index (Phi) is 10.6. The molecular weight excluding hydrogens is 823 g/mol. The minimum absolute atomic E-state index is 0.0305. The lowest BCUT2D eigenvalue weighted by Crippen LogP contribution is -2.65. The first-order valence-electron chi connectivity index (χ1n) is 23.0. The first-order valence-corrected chi connectivity index (χ1v) is 23.0. The number of aromatic nitrogens is 4. The van der Waals surface area contributed by atoms with Gasteiger partial charge in [0.1, 0.15) is 28.6 Å². The normalized spacial score (nSPS) is 19.7. The Labute approximate surface area is 371 Å². The monoisotopic (exact) mass is 878 g/mol. The third-order valence-electron chi connectivity index (χ3n) is 14.2. The maximum atomic E-state index is 16.1. The van der Waals surface area contributed by atoms with E-state index in [1.54, 1.807) is 35.1 Å². The number of ether oxygens (including phenoxy) is 2. The number of fused-ring (bicyclic) bond motifs is 6. The molecule has 0 saturated carbocycles. The third kappa shape index (κ3) is 7.20. The summed E-state index contributed by atoms with van der Waals surface area (Å²) in [7, 11) is 0. The molecule has 2 aromatic heterocycles. The highest BCUT2D eigenvalue weighted by atomic mass is 19.3. The van der Waals surface area contributed by atoms with Crippen LogP contribution in [0.3, 0.4) is 0 Å². The van der Waals surface area contributed by atoms with E-state index >= 15 is 8.78 Å². The van der Waals surface area contributed by atoms with Crippen LogP contribution in [-0.4, -0.2) is 97.6 Å². The molecule has 0 radical (unpaired) electrons. The van der Waals surface area contributed by atoms with Crippen molar-refractivity contribution in [1.29, 1.82) is 0 Å². The van der Waals surface area contributed by atoms with E-state index in [9.17, 15) is 19.2 Å². The molecule has 4 aromatic rings. The number of likely N-dealkylation sites (tertiary alicyclic amines) is 2. The fourth-order valence-electron chi connectivity index (χ4n) is 11.0. The van der Waals surface area contributed by atoms with Crippen LogP contribution in [0.2, 0.25) is 0 Å². The van der Waals surface area contributed by atoms with Gasteiger partial charge in [0, 0.05) is 55.4 Å². The van der Waals surface area contributed by atoms with Gasteiger partial charge in [-0.15, -0.1) is 0 Å². The molecular formula is C48H56F2N8O6. The first kappa shape index (κ1) is 42.2. The molecule has 6 aliphatic rings. The molecule has 0 bridgehead atoms. The van der Waals surface area contributed by atoms with Gasteiger partial charge in [0.25, 0.3) is 5.92 Å². The molecule has 14 nitrogen and oxygen atoms in total. The van der Waals surface area contributed by atoms with E-state index in [2.05, 4.69) is 4.98 Å². The Hall–Kier alpha value is -5.80. The quantitative estimate of drug-likeness (QED) is 0.158. The second kappa shape index (κ2) is 16.0. The number of nitrogens with zero attached hydrogens (tertiary/aromatic N) is 7. The lowest BCUT2D eigenvalue weighted by Gasteiger charge is -2.46.